The highest BCUT2D eigenvalue weighted by Crippen LogP contribution is 2.52. The fourth-order valence-electron chi connectivity index (χ4n) is 5.21. The SMILES string of the molecule is Cc1cccc(-c2nc3n(c2-c2ccnc(-c4ccc(S(N)(=O)=O)cc4)c2)[C@H]2CC[C@@H]3C2)n1. The highest BCUT2D eigenvalue weighted by Gasteiger charge is 2.41. The van der Waals surface area contributed by atoms with E-state index < -0.39 is 10.0 Å². The molecule has 1 aliphatic heterocycles. The summed E-state index contributed by atoms with van der Waals surface area (Å²) in [5, 5.41) is 5.24. The molecule has 2 N–H and O–H groups in total. The van der Waals surface area contributed by atoms with E-state index in [2.05, 4.69) is 9.55 Å². The number of imidazole rings is 1. The van der Waals surface area contributed by atoms with Gasteiger partial charge in [0.25, 0.3) is 0 Å². The van der Waals surface area contributed by atoms with Crippen LogP contribution < -0.4 is 5.14 Å². The van der Waals surface area contributed by atoms with Gasteiger partial charge < -0.3 is 4.57 Å². The largest absolute Gasteiger partial charge is 0.324 e. The van der Waals surface area contributed by atoms with Crippen LogP contribution in [0, 0.1) is 6.92 Å². The molecule has 2 bridgehead atoms. The highest BCUT2D eigenvalue weighted by atomic mass is 32.2. The molecule has 2 aliphatic rings. The molecular weight excluding hydrogens is 434 g/mol. The maximum atomic E-state index is 11.6. The Morgan fingerprint density at radius 1 is 0.970 bits per heavy atom. The topological polar surface area (TPSA) is 104 Å². The third-order valence-electron chi connectivity index (χ3n) is 6.72. The molecule has 0 saturated heterocycles. The van der Waals surface area contributed by atoms with Gasteiger partial charge in [0.1, 0.15) is 11.5 Å². The van der Waals surface area contributed by atoms with Gasteiger partial charge in [-0.1, -0.05) is 18.2 Å². The van der Waals surface area contributed by atoms with Gasteiger partial charge in [-0.15, -0.1) is 0 Å². The molecule has 3 aromatic heterocycles. The maximum absolute atomic E-state index is 11.6. The van der Waals surface area contributed by atoms with E-state index in [0.717, 1.165) is 51.8 Å². The smallest absolute Gasteiger partial charge is 0.238 e. The number of hydrogen-bond donors (Lipinski definition) is 1. The predicted octanol–water partition coefficient (Wildman–Crippen LogP) is 4.45. The van der Waals surface area contributed by atoms with Crippen LogP contribution in [0.2, 0.25) is 0 Å². The number of primary sulfonamides is 1. The molecule has 6 rings (SSSR count). The van der Waals surface area contributed by atoms with Gasteiger partial charge >= 0.3 is 0 Å². The lowest BCUT2D eigenvalue weighted by atomic mass is 10.0. The van der Waals surface area contributed by atoms with Gasteiger partial charge in [0, 0.05) is 35.0 Å². The Morgan fingerprint density at radius 3 is 2.55 bits per heavy atom. The van der Waals surface area contributed by atoms with Crippen LogP contribution in [0.1, 0.15) is 42.7 Å². The fraction of sp³-hybridized carbons (Fsp3) is 0.240. The Labute approximate surface area is 192 Å². The highest BCUT2D eigenvalue weighted by molar-refractivity contribution is 7.89. The first kappa shape index (κ1) is 20.3. The summed E-state index contributed by atoms with van der Waals surface area (Å²) in [4.78, 5) is 14.5. The molecule has 4 heterocycles. The van der Waals surface area contributed by atoms with Crippen LogP contribution in [0.25, 0.3) is 33.9 Å². The monoisotopic (exact) mass is 457 g/mol. The average molecular weight is 458 g/mol. The summed E-state index contributed by atoms with van der Waals surface area (Å²) in [7, 11) is -3.74. The van der Waals surface area contributed by atoms with Crippen molar-refractivity contribution in [2.45, 2.75) is 43.0 Å². The van der Waals surface area contributed by atoms with Gasteiger partial charge in [0.05, 0.1) is 22.0 Å². The third-order valence-corrected chi connectivity index (χ3v) is 7.65. The minimum atomic E-state index is -3.74. The number of sulfonamides is 1. The zero-order valence-corrected chi connectivity index (χ0v) is 19.0. The third kappa shape index (κ3) is 3.37. The average Bonchev–Trinajstić information content (AvgIpc) is 3.51. The number of hydrogen-bond acceptors (Lipinski definition) is 5. The summed E-state index contributed by atoms with van der Waals surface area (Å²) >= 11 is 0. The van der Waals surface area contributed by atoms with Crippen LogP contribution in [-0.4, -0.2) is 27.9 Å². The fourth-order valence-corrected chi connectivity index (χ4v) is 5.73. The standard InChI is InChI=1S/C25H23N5O2S/c1-15-3-2-4-21(28-15)23-24(30-19-8-5-18(13-19)25(30)29-23)17-11-12-27-22(14-17)16-6-9-20(10-7-16)33(26,31)32/h2-4,6-7,9-12,14,18-19H,5,8,13H2,1H3,(H2,26,31,32)/t18-,19+/m1/s1. The van der Waals surface area contributed by atoms with Crippen LogP contribution in [0.5, 0.6) is 0 Å². The number of aryl methyl sites for hydroxylation is 1. The molecule has 0 unspecified atom stereocenters. The number of benzene rings is 1. The Morgan fingerprint density at radius 2 is 1.79 bits per heavy atom. The Bertz CT molecular complexity index is 1490. The zero-order chi connectivity index (χ0) is 22.7. The molecule has 1 aromatic carbocycles. The van der Waals surface area contributed by atoms with Crippen molar-refractivity contribution in [3.05, 3.63) is 72.3 Å². The summed E-state index contributed by atoms with van der Waals surface area (Å²) in [6, 6.07) is 17.0. The summed E-state index contributed by atoms with van der Waals surface area (Å²) in [6.45, 7) is 1.99. The molecule has 8 heteroatoms. The van der Waals surface area contributed by atoms with Crippen LogP contribution >= 0.6 is 0 Å². The first-order chi connectivity index (χ1) is 15.9. The van der Waals surface area contributed by atoms with Crippen LogP contribution in [0.4, 0.5) is 0 Å². The molecule has 2 atom stereocenters. The molecule has 1 fully saturated rings. The van der Waals surface area contributed by atoms with Crippen molar-refractivity contribution in [3.63, 3.8) is 0 Å². The maximum Gasteiger partial charge on any atom is 0.238 e. The van der Waals surface area contributed by atoms with Crippen molar-refractivity contribution < 1.29 is 8.42 Å². The van der Waals surface area contributed by atoms with Gasteiger partial charge in [-0.3, -0.25) is 9.97 Å². The van der Waals surface area contributed by atoms with Crippen molar-refractivity contribution in [2.24, 2.45) is 5.14 Å². The predicted molar refractivity (Wildman–Crippen MR) is 126 cm³/mol. The first-order valence-electron chi connectivity index (χ1n) is 11.0. The second-order valence-electron chi connectivity index (χ2n) is 8.86. The summed E-state index contributed by atoms with van der Waals surface area (Å²) < 4.78 is 25.6. The number of aromatic nitrogens is 4. The van der Waals surface area contributed by atoms with Crippen molar-refractivity contribution in [3.8, 4) is 33.9 Å². The van der Waals surface area contributed by atoms with Crippen LogP contribution in [0.15, 0.2) is 65.7 Å². The number of fused-ring (bicyclic) bond motifs is 5. The molecule has 7 nitrogen and oxygen atoms in total. The minimum absolute atomic E-state index is 0.0832. The van der Waals surface area contributed by atoms with Crippen molar-refractivity contribution >= 4 is 10.0 Å². The Balaban J connectivity index is 1.50. The van der Waals surface area contributed by atoms with E-state index in [9.17, 15) is 8.42 Å². The van der Waals surface area contributed by atoms with Crippen molar-refractivity contribution in [2.75, 3.05) is 0 Å². The van der Waals surface area contributed by atoms with Crippen molar-refractivity contribution in [1.29, 1.82) is 0 Å². The van der Waals surface area contributed by atoms with Gasteiger partial charge in [-0.25, -0.2) is 18.5 Å². The summed E-state index contributed by atoms with van der Waals surface area (Å²) in [5.74, 6) is 1.68. The molecule has 1 saturated carbocycles. The molecular formula is C25H23N5O2S. The minimum Gasteiger partial charge on any atom is -0.324 e. The summed E-state index contributed by atoms with van der Waals surface area (Å²) in [6.07, 6.45) is 5.32. The molecule has 0 spiro atoms. The van der Waals surface area contributed by atoms with E-state index >= 15 is 0 Å². The molecule has 1 aliphatic carbocycles. The van der Waals surface area contributed by atoms with Crippen LogP contribution in [0.3, 0.4) is 0 Å². The molecule has 4 aromatic rings. The lowest BCUT2D eigenvalue weighted by Gasteiger charge is -2.17. The molecule has 0 radical (unpaired) electrons. The molecule has 0 amide bonds. The number of rotatable bonds is 4. The number of nitrogens with two attached hydrogens (primary N) is 1. The van der Waals surface area contributed by atoms with E-state index in [0.29, 0.717) is 12.0 Å². The lowest BCUT2D eigenvalue weighted by Crippen LogP contribution is -2.11. The Kier molecular flexibility index (Phi) is 4.50. The van der Waals surface area contributed by atoms with E-state index in [1.165, 1.54) is 25.0 Å². The zero-order valence-electron chi connectivity index (χ0n) is 18.1. The molecule has 166 valence electrons. The molecule has 33 heavy (non-hydrogen) atoms. The van der Waals surface area contributed by atoms with E-state index in [1.807, 2.05) is 37.3 Å². The van der Waals surface area contributed by atoms with Gasteiger partial charge in [0.15, 0.2) is 0 Å². The van der Waals surface area contributed by atoms with Gasteiger partial charge in [-0.2, -0.15) is 0 Å². The second-order valence-corrected chi connectivity index (χ2v) is 10.4. The van der Waals surface area contributed by atoms with E-state index in [4.69, 9.17) is 15.1 Å². The Hall–Kier alpha value is -3.36. The lowest BCUT2D eigenvalue weighted by molar-refractivity contribution is 0.530. The van der Waals surface area contributed by atoms with Crippen LogP contribution in [-0.2, 0) is 10.0 Å². The van der Waals surface area contributed by atoms with Gasteiger partial charge in [0.2, 0.25) is 10.0 Å². The van der Waals surface area contributed by atoms with Crippen molar-refractivity contribution in [1.82, 2.24) is 19.5 Å². The quantitative estimate of drug-likeness (QED) is 0.487. The first-order valence-corrected chi connectivity index (χ1v) is 12.6. The second kappa shape index (κ2) is 7.33. The van der Waals surface area contributed by atoms with Gasteiger partial charge in [-0.05, 0) is 62.6 Å². The number of nitrogens with zero attached hydrogens (tertiary/aromatic N) is 4. The number of pyridine rings is 2. The van der Waals surface area contributed by atoms with E-state index in [-0.39, 0.29) is 4.90 Å². The normalized spacial score (nSPS) is 19.1. The van der Waals surface area contributed by atoms with E-state index in [1.54, 1.807) is 18.3 Å². The summed E-state index contributed by atoms with van der Waals surface area (Å²) in [5.41, 5.74) is 6.44.